The summed E-state index contributed by atoms with van der Waals surface area (Å²) in [7, 11) is 0. The molecule has 0 heterocycles. The molecule has 6 heteroatoms. The minimum Gasteiger partial charge on any atom is -0.447 e. The number of carbonyl (C=O) groups excluding carboxylic acids is 2. The number of rotatable bonds is 5. The lowest BCUT2D eigenvalue weighted by atomic mass is 10.2. The van der Waals surface area contributed by atoms with Gasteiger partial charge in [0.05, 0.1) is 6.54 Å². The van der Waals surface area contributed by atoms with Gasteiger partial charge in [0.15, 0.2) is 0 Å². The molecule has 0 unspecified atom stereocenters. The third-order valence-electron chi connectivity index (χ3n) is 2.92. The van der Waals surface area contributed by atoms with Crippen molar-refractivity contribution < 1.29 is 14.3 Å². The third kappa shape index (κ3) is 6.09. The van der Waals surface area contributed by atoms with E-state index in [1.807, 2.05) is 43.3 Å². The summed E-state index contributed by atoms with van der Waals surface area (Å²) in [5.41, 5.74) is 2.43. The van der Waals surface area contributed by atoms with Gasteiger partial charge in [-0.15, -0.1) is 0 Å². The van der Waals surface area contributed by atoms with Crippen molar-refractivity contribution in [3.05, 3.63) is 60.2 Å². The van der Waals surface area contributed by atoms with Gasteiger partial charge >= 0.3 is 12.1 Å². The van der Waals surface area contributed by atoms with Gasteiger partial charge < -0.3 is 15.4 Å². The highest BCUT2D eigenvalue weighted by molar-refractivity contribution is 5.89. The Hall–Kier alpha value is -3.02. The molecule has 0 aromatic heterocycles. The fourth-order valence-electron chi connectivity index (χ4n) is 1.88. The molecule has 0 saturated heterocycles. The van der Waals surface area contributed by atoms with Crippen LogP contribution < -0.4 is 16.0 Å². The van der Waals surface area contributed by atoms with Crippen molar-refractivity contribution in [3.63, 3.8) is 0 Å². The molecule has 3 N–H and O–H groups in total. The van der Waals surface area contributed by atoms with E-state index in [0.717, 1.165) is 5.56 Å². The van der Waals surface area contributed by atoms with E-state index in [9.17, 15) is 9.59 Å². The first-order chi connectivity index (χ1) is 11.1. The van der Waals surface area contributed by atoms with Crippen LogP contribution in [0, 0.1) is 6.92 Å². The SMILES string of the molecule is Cc1cccc(NC(=O)NCCOC(=O)Nc2ccccc2)c1. The summed E-state index contributed by atoms with van der Waals surface area (Å²) in [4.78, 5) is 23.2. The first-order valence-corrected chi connectivity index (χ1v) is 7.24. The van der Waals surface area contributed by atoms with Gasteiger partial charge in [-0.25, -0.2) is 9.59 Å². The number of benzene rings is 2. The smallest absolute Gasteiger partial charge is 0.411 e. The molecular formula is C17H19N3O3. The molecule has 0 bridgehead atoms. The summed E-state index contributed by atoms with van der Waals surface area (Å²) in [6.07, 6.45) is -0.558. The van der Waals surface area contributed by atoms with Crippen molar-refractivity contribution in [3.8, 4) is 0 Å². The van der Waals surface area contributed by atoms with Crippen LogP contribution in [0.5, 0.6) is 0 Å². The minimum atomic E-state index is -0.558. The Morgan fingerprint density at radius 2 is 1.70 bits per heavy atom. The molecule has 0 radical (unpaired) electrons. The number of hydrogen-bond donors (Lipinski definition) is 3. The second-order valence-electron chi connectivity index (χ2n) is 4.88. The molecule has 6 nitrogen and oxygen atoms in total. The summed E-state index contributed by atoms with van der Waals surface area (Å²) in [5, 5.41) is 7.91. The van der Waals surface area contributed by atoms with Gasteiger partial charge in [-0.05, 0) is 36.8 Å². The summed E-state index contributed by atoms with van der Waals surface area (Å²) < 4.78 is 4.97. The number of ether oxygens (including phenoxy) is 1. The molecular weight excluding hydrogens is 294 g/mol. The summed E-state index contributed by atoms with van der Waals surface area (Å²) in [6.45, 7) is 2.25. The number of anilines is 2. The van der Waals surface area contributed by atoms with Crippen molar-refractivity contribution in [2.75, 3.05) is 23.8 Å². The molecule has 0 fully saturated rings. The zero-order valence-electron chi connectivity index (χ0n) is 12.8. The first kappa shape index (κ1) is 16.4. The summed E-state index contributed by atoms with van der Waals surface area (Å²) in [6, 6.07) is 16.1. The normalized spacial score (nSPS) is 9.78. The van der Waals surface area contributed by atoms with Gasteiger partial charge in [0, 0.05) is 11.4 Å². The molecule has 0 spiro atoms. The van der Waals surface area contributed by atoms with Crippen LogP contribution in [0.1, 0.15) is 5.56 Å². The number of urea groups is 1. The van der Waals surface area contributed by atoms with Crippen molar-refractivity contribution >= 4 is 23.5 Å². The molecule has 0 saturated carbocycles. The Morgan fingerprint density at radius 3 is 2.43 bits per heavy atom. The van der Waals surface area contributed by atoms with Crippen molar-refractivity contribution in [2.24, 2.45) is 0 Å². The van der Waals surface area contributed by atoms with Gasteiger partial charge in [-0.1, -0.05) is 30.3 Å². The molecule has 2 aromatic carbocycles. The van der Waals surface area contributed by atoms with E-state index in [1.54, 1.807) is 18.2 Å². The zero-order valence-corrected chi connectivity index (χ0v) is 12.8. The number of amides is 3. The molecule has 120 valence electrons. The van der Waals surface area contributed by atoms with Crippen LogP contribution in [-0.2, 0) is 4.74 Å². The van der Waals surface area contributed by atoms with Gasteiger partial charge in [-0.3, -0.25) is 5.32 Å². The Morgan fingerprint density at radius 1 is 0.957 bits per heavy atom. The van der Waals surface area contributed by atoms with Crippen LogP contribution in [0.25, 0.3) is 0 Å². The number of carbonyl (C=O) groups is 2. The summed E-state index contributed by atoms with van der Waals surface area (Å²) >= 11 is 0. The van der Waals surface area contributed by atoms with Crippen LogP contribution in [0.3, 0.4) is 0 Å². The van der Waals surface area contributed by atoms with Gasteiger partial charge in [0.2, 0.25) is 0 Å². The van der Waals surface area contributed by atoms with Gasteiger partial charge in [0.1, 0.15) is 6.61 Å². The first-order valence-electron chi connectivity index (χ1n) is 7.24. The maximum atomic E-state index is 11.7. The monoisotopic (exact) mass is 313 g/mol. The van der Waals surface area contributed by atoms with Crippen LogP contribution in [0.2, 0.25) is 0 Å². The zero-order chi connectivity index (χ0) is 16.5. The maximum absolute atomic E-state index is 11.7. The Kier molecular flexibility index (Phi) is 5.99. The van der Waals surface area contributed by atoms with Gasteiger partial charge in [-0.2, -0.15) is 0 Å². The predicted molar refractivity (Wildman–Crippen MR) is 89.6 cm³/mol. The molecule has 2 rings (SSSR count). The van der Waals surface area contributed by atoms with Crippen molar-refractivity contribution in [2.45, 2.75) is 6.92 Å². The lowest BCUT2D eigenvalue weighted by molar-refractivity contribution is 0.162. The minimum absolute atomic E-state index is 0.0832. The highest BCUT2D eigenvalue weighted by Gasteiger charge is 2.04. The number of aryl methyl sites for hydroxylation is 1. The van der Waals surface area contributed by atoms with Crippen LogP contribution >= 0.6 is 0 Å². The standard InChI is InChI=1S/C17H19N3O3/c1-13-6-5-9-15(12-13)19-16(21)18-10-11-23-17(22)20-14-7-3-2-4-8-14/h2-9,12H,10-11H2,1H3,(H,20,22)(H2,18,19,21). The predicted octanol–water partition coefficient (Wildman–Crippen LogP) is 3.37. The molecule has 2 aromatic rings. The van der Waals surface area contributed by atoms with E-state index in [4.69, 9.17) is 4.74 Å². The second-order valence-corrected chi connectivity index (χ2v) is 4.88. The lowest BCUT2D eigenvalue weighted by Gasteiger charge is -2.09. The van der Waals surface area contributed by atoms with Crippen molar-refractivity contribution in [1.29, 1.82) is 0 Å². The Bertz CT molecular complexity index is 659. The fraction of sp³-hybridized carbons (Fsp3) is 0.176. The molecule has 0 atom stereocenters. The second kappa shape index (κ2) is 8.43. The molecule has 23 heavy (non-hydrogen) atoms. The average molecular weight is 313 g/mol. The van der Waals surface area contributed by atoms with E-state index < -0.39 is 6.09 Å². The quantitative estimate of drug-likeness (QED) is 0.740. The van der Waals surface area contributed by atoms with E-state index in [1.165, 1.54) is 0 Å². The maximum Gasteiger partial charge on any atom is 0.411 e. The van der Waals surface area contributed by atoms with Gasteiger partial charge in [0.25, 0.3) is 0 Å². The highest BCUT2D eigenvalue weighted by Crippen LogP contribution is 2.09. The van der Waals surface area contributed by atoms with E-state index in [-0.39, 0.29) is 19.2 Å². The Labute approximate surface area is 134 Å². The van der Waals surface area contributed by atoms with Crippen LogP contribution in [0.4, 0.5) is 21.0 Å². The van der Waals surface area contributed by atoms with E-state index in [2.05, 4.69) is 16.0 Å². The van der Waals surface area contributed by atoms with E-state index in [0.29, 0.717) is 11.4 Å². The number of nitrogens with one attached hydrogen (secondary N) is 3. The highest BCUT2D eigenvalue weighted by atomic mass is 16.5. The molecule has 0 aliphatic rings. The summed E-state index contributed by atoms with van der Waals surface area (Å²) in [5.74, 6) is 0. The average Bonchev–Trinajstić information content (AvgIpc) is 2.52. The topological polar surface area (TPSA) is 79.5 Å². The fourth-order valence-corrected chi connectivity index (χ4v) is 1.88. The number of hydrogen-bond acceptors (Lipinski definition) is 3. The largest absolute Gasteiger partial charge is 0.447 e. The van der Waals surface area contributed by atoms with Crippen LogP contribution in [0.15, 0.2) is 54.6 Å². The van der Waals surface area contributed by atoms with Crippen LogP contribution in [-0.4, -0.2) is 25.3 Å². The molecule has 3 amide bonds. The molecule has 0 aliphatic carbocycles. The lowest BCUT2D eigenvalue weighted by Crippen LogP contribution is -2.32. The third-order valence-corrected chi connectivity index (χ3v) is 2.92. The Balaban J connectivity index is 1.63. The molecule has 0 aliphatic heterocycles. The van der Waals surface area contributed by atoms with Crippen molar-refractivity contribution in [1.82, 2.24) is 5.32 Å². The number of para-hydroxylation sites is 1. The van der Waals surface area contributed by atoms with E-state index >= 15 is 0 Å².